The van der Waals surface area contributed by atoms with Gasteiger partial charge in [0, 0.05) is 6.07 Å². The van der Waals surface area contributed by atoms with E-state index in [9.17, 15) is 9.18 Å². The summed E-state index contributed by atoms with van der Waals surface area (Å²) in [6.07, 6.45) is 0. The first-order chi connectivity index (χ1) is 9.97. The van der Waals surface area contributed by atoms with Crippen LogP contribution in [0.2, 0.25) is 0 Å². The van der Waals surface area contributed by atoms with Gasteiger partial charge in [0.25, 0.3) is 0 Å². The van der Waals surface area contributed by atoms with Crippen molar-refractivity contribution in [2.75, 3.05) is 0 Å². The van der Waals surface area contributed by atoms with E-state index in [1.165, 1.54) is 30.7 Å². The monoisotopic (exact) mass is 286 g/mol. The van der Waals surface area contributed by atoms with E-state index in [4.69, 9.17) is 4.74 Å². The summed E-state index contributed by atoms with van der Waals surface area (Å²) in [5.41, 5.74) is 2.64. The lowest BCUT2D eigenvalue weighted by molar-refractivity contribution is 0.101. The summed E-state index contributed by atoms with van der Waals surface area (Å²) in [5, 5.41) is 0. The molecule has 21 heavy (non-hydrogen) atoms. The summed E-state index contributed by atoms with van der Waals surface area (Å²) in [5.74, 6) is 0.216. The number of ether oxygens (including phenoxy) is 1. The van der Waals surface area contributed by atoms with E-state index in [1.54, 1.807) is 0 Å². The lowest BCUT2D eigenvalue weighted by Gasteiger charge is -2.11. The Bertz CT molecular complexity index is 630. The van der Waals surface area contributed by atoms with Crippen molar-refractivity contribution in [3.05, 3.63) is 65.0 Å². The molecule has 110 valence electrons. The Labute approximate surface area is 124 Å². The second-order valence-corrected chi connectivity index (χ2v) is 5.38. The number of hydrogen-bond donors (Lipinski definition) is 0. The molecule has 0 heterocycles. The maximum Gasteiger partial charge on any atom is 0.163 e. The van der Waals surface area contributed by atoms with E-state index in [2.05, 4.69) is 26.0 Å². The second-order valence-electron chi connectivity index (χ2n) is 5.38. The average Bonchev–Trinajstić information content (AvgIpc) is 2.45. The van der Waals surface area contributed by atoms with Crippen molar-refractivity contribution in [3.8, 4) is 5.75 Å². The smallest absolute Gasteiger partial charge is 0.163 e. The van der Waals surface area contributed by atoms with Crippen LogP contribution in [0.25, 0.3) is 0 Å². The minimum absolute atomic E-state index is 0.139. The highest BCUT2D eigenvalue weighted by Crippen LogP contribution is 2.22. The third kappa shape index (κ3) is 3.91. The number of carbonyl (C=O) groups excluding carboxylic acids is 1. The SMILES string of the molecule is CC(=O)c1ccc(F)cc1OCc1ccc(C(C)C)cc1. The molecule has 0 aliphatic rings. The van der Waals surface area contributed by atoms with E-state index in [1.807, 2.05) is 12.1 Å². The number of hydrogen-bond acceptors (Lipinski definition) is 2. The molecular weight excluding hydrogens is 267 g/mol. The number of rotatable bonds is 5. The van der Waals surface area contributed by atoms with Crippen LogP contribution >= 0.6 is 0 Å². The van der Waals surface area contributed by atoms with Crippen molar-refractivity contribution in [1.82, 2.24) is 0 Å². The van der Waals surface area contributed by atoms with Gasteiger partial charge in [0.15, 0.2) is 5.78 Å². The fraction of sp³-hybridized carbons (Fsp3) is 0.278. The lowest BCUT2D eigenvalue weighted by Crippen LogP contribution is -2.02. The van der Waals surface area contributed by atoms with Crippen molar-refractivity contribution in [1.29, 1.82) is 0 Å². The van der Waals surface area contributed by atoms with Crippen LogP contribution in [0.1, 0.15) is 48.2 Å². The van der Waals surface area contributed by atoms with E-state index >= 15 is 0 Å². The van der Waals surface area contributed by atoms with Crippen molar-refractivity contribution >= 4 is 5.78 Å². The molecule has 0 spiro atoms. The van der Waals surface area contributed by atoms with Gasteiger partial charge in [-0.05, 0) is 36.1 Å². The fourth-order valence-electron chi connectivity index (χ4n) is 2.07. The minimum Gasteiger partial charge on any atom is -0.488 e. The highest BCUT2D eigenvalue weighted by atomic mass is 19.1. The van der Waals surface area contributed by atoms with Gasteiger partial charge >= 0.3 is 0 Å². The number of ketones is 1. The molecule has 2 aromatic carbocycles. The zero-order chi connectivity index (χ0) is 15.4. The molecule has 0 unspecified atom stereocenters. The van der Waals surface area contributed by atoms with E-state index in [-0.39, 0.29) is 11.5 Å². The van der Waals surface area contributed by atoms with Gasteiger partial charge in [-0.3, -0.25) is 4.79 Å². The van der Waals surface area contributed by atoms with Crippen LogP contribution in [-0.4, -0.2) is 5.78 Å². The Hall–Kier alpha value is -2.16. The van der Waals surface area contributed by atoms with Gasteiger partial charge in [0.2, 0.25) is 0 Å². The number of halogens is 1. The van der Waals surface area contributed by atoms with Gasteiger partial charge in [-0.25, -0.2) is 4.39 Å². The van der Waals surface area contributed by atoms with E-state index < -0.39 is 5.82 Å². The molecule has 2 rings (SSSR count). The molecule has 0 radical (unpaired) electrons. The standard InChI is InChI=1S/C18H19FO2/c1-12(2)15-6-4-14(5-7-15)11-21-18-10-16(19)8-9-17(18)13(3)20/h4-10,12H,11H2,1-3H3. The highest BCUT2D eigenvalue weighted by Gasteiger charge is 2.10. The molecule has 0 bridgehead atoms. The van der Waals surface area contributed by atoms with Gasteiger partial charge in [-0.1, -0.05) is 38.1 Å². The lowest BCUT2D eigenvalue weighted by atomic mass is 10.0. The molecule has 0 aliphatic carbocycles. The van der Waals surface area contributed by atoms with Gasteiger partial charge in [-0.15, -0.1) is 0 Å². The molecular formula is C18H19FO2. The van der Waals surface area contributed by atoms with Crippen LogP contribution in [0, 0.1) is 5.82 Å². The van der Waals surface area contributed by atoms with Crippen LogP contribution in [0.3, 0.4) is 0 Å². The van der Waals surface area contributed by atoms with Crippen molar-refractivity contribution < 1.29 is 13.9 Å². The average molecular weight is 286 g/mol. The summed E-state index contributed by atoms with van der Waals surface area (Å²) in [6.45, 7) is 6.02. The minimum atomic E-state index is -0.412. The molecule has 0 amide bonds. The summed E-state index contributed by atoms with van der Waals surface area (Å²) >= 11 is 0. The number of Topliss-reactive ketones (excluding diaryl/α,β-unsaturated/α-hetero) is 1. The van der Waals surface area contributed by atoms with Crippen LogP contribution < -0.4 is 4.74 Å². The molecule has 0 fully saturated rings. The molecule has 0 saturated carbocycles. The Morgan fingerprint density at radius 3 is 2.38 bits per heavy atom. The zero-order valence-corrected chi connectivity index (χ0v) is 12.5. The highest BCUT2D eigenvalue weighted by molar-refractivity contribution is 5.96. The molecule has 0 aliphatic heterocycles. The first-order valence-electron chi connectivity index (χ1n) is 6.99. The Morgan fingerprint density at radius 2 is 1.81 bits per heavy atom. The van der Waals surface area contributed by atoms with Crippen LogP contribution in [0.5, 0.6) is 5.75 Å². The number of carbonyl (C=O) groups is 1. The first-order valence-corrected chi connectivity index (χ1v) is 6.99. The number of benzene rings is 2. The summed E-state index contributed by atoms with van der Waals surface area (Å²) in [6, 6.07) is 12.1. The maximum atomic E-state index is 13.3. The summed E-state index contributed by atoms with van der Waals surface area (Å²) in [7, 11) is 0. The molecule has 0 atom stereocenters. The van der Waals surface area contributed by atoms with Crippen LogP contribution in [0.4, 0.5) is 4.39 Å². The Morgan fingerprint density at radius 1 is 1.14 bits per heavy atom. The van der Waals surface area contributed by atoms with E-state index in [0.29, 0.717) is 18.1 Å². The normalized spacial score (nSPS) is 10.7. The molecule has 0 saturated heterocycles. The molecule has 2 nitrogen and oxygen atoms in total. The summed E-state index contributed by atoms with van der Waals surface area (Å²) < 4.78 is 18.9. The Kier molecular flexibility index (Phi) is 4.73. The third-order valence-electron chi connectivity index (χ3n) is 3.36. The quantitative estimate of drug-likeness (QED) is 0.743. The first kappa shape index (κ1) is 15.2. The molecule has 0 N–H and O–H groups in total. The Balaban J connectivity index is 2.12. The third-order valence-corrected chi connectivity index (χ3v) is 3.36. The van der Waals surface area contributed by atoms with Gasteiger partial charge in [-0.2, -0.15) is 0 Å². The predicted molar refractivity (Wildman–Crippen MR) is 81.3 cm³/mol. The van der Waals surface area contributed by atoms with Crippen molar-refractivity contribution in [3.63, 3.8) is 0 Å². The molecule has 2 aromatic rings. The fourth-order valence-corrected chi connectivity index (χ4v) is 2.07. The van der Waals surface area contributed by atoms with Crippen LogP contribution in [0.15, 0.2) is 42.5 Å². The van der Waals surface area contributed by atoms with Crippen molar-refractivity contribution in [2.24, 2.45) is 0 Å². The van der Waals surface area contributed by atoms with Crippen molar-refractivity contribution in [2.45, 2.75) is 33.3 Å². The molecule has 3 heteroatoms. The van der Waals surface area contributed by atoms with E-state index in [0.717, 1.165) is 5.56 Å². The zero-order valence-electron chi connectivity index (χ0n) is 12.5. The topological polar surface area (TPSA) is 26.3 Å². The van der Waals surface area contributed by atoms with Crippen LogP contribution in [-0.2, 0) is 6.61 Å². The largest absolute Gasteiger partial charge is 0.488 e. The summed E-state index contributed by atoms with van der Waals surface area (Å²) in [4.78, 5) is 11.5. The van der Waals surface area contributed by atoms with Gasteiger partial charge < -0.3 is 4.74 Å². The molecule has 0 aromatic heterocycles. The maximum absolute atomic E-state index is 13.3. The predicted octanol–water partition coefficient (Wildman–Crippen LogP) is 4.73. The second kappa shape index (κ2) is 6.53. The van der Waals surface area contributed by atoms with Gasteiger partial charge in [0.1, 0.15) is 18.2 Å². The van der Waals surface area contributed by atoms with Gasteiger partial charge in [0.05, 0.1) is 5.56 Å².